The van der Waals surface area contributed by atoms with Crippen molar-refractivity contribution in [3.05, 3.63) is 18.0 Å². The first-order chi connectivity index (χ1) is 7.79. The molecule has 0 bridgehead atoms. The first-order valence-electron chi connectivity index (χ1n) is 6.12. The molecule has 1 fully saturated rings. The summed E-state index contributed by atoms with van der Waals surface area (Å²) in [4.78, 5) is 0. The van der Waals surface area contributed by atoms with Crippen LogP contribution in [0.2, 0.25) is 0 Å². The zero-order chi connectivity index (χ0) is 11.4. The Balaban J connectivity index is 1.85. The van der Waals surface area contributed by atoms with Crippen molar-refractivity contribution in [3.8, 4) is 0 Å². The molecule has 1 saturated carbocycles. The molecule has 0 aromatic carbocycles. The zero-order valence-corrected chi connectivity index (χ0v) is 9.89. The van der Waals surface area contributed by atoms with Crippen LogP contribution in [0.15, 0.2) is 12.4 Å². The lowest BCUT2D eigenvalue weighted by molar-refractivity contribution is 0.239. The lowest BCUT2D eigenvalue weighted by Gasteiger charge is -2.17. The molecule has 0 aliphatic heterocycles. The Hall–Kier alpha value is -0.870. The Bertz CT molecular complexity index is 318. The molecule has 2 N–H and O–H groups in total. The highest BCUT2D eigenvalue weighted by molar-refractivity contribution is 5.10. The van der Waals surface area contributed by atoms with Crippen molar-refractivity contribution >= 4 is 0 Å². The second-order valence-electron chi connectivity index (χ2n) is 4.74. The van der Waals surface area contributed by atoms with Crippen LogP contribution in [0, 0.1) is 5.92 Å². The lowest BCUT2D eigenvalue weighted by atomic mass is 10.1. The summed E-state index contributed by atoms with van der Waals surface area (Å²) in [7, 11) is 1.90. The van der Waals surface area contributed by atoms with Gasteiger partial charge in [-0.1, -0.05) is 12.8 Å². The molecule has 1 atom stereocenters. The van der Waals surface area contributed by atoms with E-state index in [4.69, 9.17) is 0 Å². The van der Waals surface area contributed by atoms with Gasteiger partial charge in [-0.05, 0) is 25.3 Å². The number of hydrogen-bond donors (Lipinski definition) is 2. The summed E-state index contributed by atoms with van der Waals surface area (Å²) in [6.07, 6.45) is 9.17. The van der Waals surface area contributed by atoms with Crippen LogP contribution in [0.25, 0.3) is 0 Å². The number of aryl methyl sites for hydroxylation is 1. The highest BCUT2D eigenvalue weighted by Crippen LogP contribution is 2.24. The average molecular weight is 223 g/mol. The summed E-state index contributed by atoms with van der Waals surface area (Å²) >= 11 is 0. The van der Waals surface area contributed by atoms with E-state index in [1.54, 1.807) is 4.68 Å². The van der Waals surface area contributed by atoms with Crippen molar-refractivity contribution in [2.75, 3.05) is 13.2 Å². The molecule has 0 radical (unpaired) electrons. The van der Waals surface area contributed by atoms with Gasteiger partial charge in [0.05, 0.1) is 18.8 Å². The predicted molar refractivity (Wildman–Crippen MR) is 63.0 cm³/mol. The van der Waals surface area contributed by atoms with E-state index in [9.17, 15) is 5.11 Å². The fourth-order valence-corrected chi connectivity index (χ4v) is 2.43. The largest absolute Gasteiger partial charge is 0.394 e. The molecule has 0 spiro atoms. The summed E-state index contributed by atoms with van der Waals surface area (Å²) in [5.41, 5.74) is 1.07. The number of nitrogens with zero attached hydrogens (tertiary/aromatic N) is 2. The van der Waals surface area contributed by atoms with Crippen LogP contribution in [0.3, 0.4) is 0 Å². The van der Waals surface area contributed by atoms with Crippen LogP contribution in [-0.2, 0) is 7.05 Å². The van der Waals surface area contributed by atoms with E-state index >= 15 is 0 Å². The number of nitrogens with one attached hydrogen (secondary N) is 1. The minimum absolute atomic E-state index is 0.0364. The molecule has 90 valence electrons. The molecule has 16 heavy (non-hydrogen) atoms. The third-order valence-corrected chi connectivity index (χ3v) is 3.44. The standard InChI is InChI=1S/C12H21N3O/c1-15-8-11(7-14-15)12(9-16)13-6-10-4-2-3-5-10/h7-8,10,12-13,16H,2-6,9H2,1H3. The van der Waals surface area contributed by atoms with Gasteiger partial charge in [0.2, 0.25) is 0 Å². The van der Waals surface area contributed by atoms with Crippen molar-refractivity contribution < 1.29 is 5.11 Å². The molecule has 1 heterocycles. The highest BCUT2D eigenvalue weighted by atomic mass is 16.3. The third kappa shape index (κ3) is 2.83. The van der Waals surface area contributed by atoms with Gasteiger partial charge < -0.3 is 10.4 Å². The normalized spacial score (nSPS) is 19.1. The van der Waals surface area contributed by atoms with Gasteiger partial charge in [-0.15, -0.1) is 0 Å². The molecular weight excluding hydrogens is 202 g/mol. The number of rotatable bonds is 5. The number of aromatic nitrogens is 2. The van der Waals surface area contributed by atoms with Crippen LogP contribution >= 0.6 is 0 Å². The van der Waals surface area contributed by atoms with E-state index in [-0.39, 0.29) is 12.6 Å². The SMILES string of the molecule is Cn1cc(C(CO)NCC2CCCC2)cn1. The van der Waals surface area contributed by atoms with Gasteiger partial charge in [0.25, 0.3) is 0 Å². The summed E-state index contributed by atoms with van der Waals surface area (Å²) in [6, 6.07) is 0.0364. The van der Waals surface area contributed by atoms with Gasteiger partial charge in [-0.25, -0.2) is 0 Å². The molecule has 1 aliphatic carbocycles. The van der Waals surface area contributed by atoms with E-state index in [0.29, 0.717) is 0 Å². The molecule has 1 aromatic heterocycles. The minimum atomic E-state index is 0.0364. The van der Waals surface area contributed by atoms with Crippen LogP contribution in [0.1, 0.15) is 37.3 Å². The third-order valence-electron chi connectivity index (χ3n) is 3.44. The van der Waals surface area contributed by atoms with Gasteiger partial charge in [0.15, 0.2) is 0 Å². The van der Waals surface area contributed by atoms with Crippen LogP contribution < -0.4 is 5.32 Å². The van der Waals surface area contributed by atoms with Gasteiger partial charge >= 0.3 is 0 Å². The molecule has 1 aliphatic rings. The quantitative estimate of drug-likeness (QED) is 0.789. The molecule has 2 rings (SSSR count). The highest BCUT2D eigenvalue weighted by Gasteiger charge is 2.17. The summed E-state index contributed by atoms with van der Waals surface area (Å²) in [5, 5.41) is 16.9. The molecule has 1 aromatic rings. The molecule has 0 amide bonds. The monoisotopic (exact) mass is 223 g/mol. The fraction of sp³-hybridized carbons (Fsp3) is 0.750. The maximum Gasteiger partial charge on any atom is 0.0627 e. The van der Waals surface area contributed by atoms with Crippen molar-refractivity contribution in [2.24, 2.45) is 13.0 Å². The molecular formula is C12H21N3O. The van der Waals surface area contributed by atoms with E-state index in [1.165, 1.54) is 25.7 Å². The van der Waals surface area contributed by atoms with Crippen LogP contribution in [-0.4, -0.2) is 28.0 Å². The second kappa shape index (κ2) is 5.46. The van der Waals surface area contributed by atoms with Crippen molar-refractivity contribution in [1.82, 2.24) is 15.1 Å². The first kappa shape index (κ1) is 11.6. The molecule has 4 nitrogen and oxygen atoms in total. The second-order valence-corrected chi connectivity index (χ2v) is 4.74. The van der Waals surface area contributed by atoms with Crippen molar-refractivity contribution in [2.45, 2.75) is 31.7 Å². The topological polar surface area (TPSA) is 50.1 Å². The predicted octanol–water partition coefficient (Wildman–Crippen LogP) is 1.23. The van der Waals surface area contributed by atoms with E-state index in [0.717, 1.165) is 18.0 Å². The lowest BCUT2D eigenvalue weighted by Crippen LogP contribution is -2.28. The van der Waals surface area contributed by atoms with E-state index in [2.05, 4.69) is 10.4 Å². The molecule has 1 unspecified atom stereocenters. The van der Waals surface area contributed by atoms with Crippen LogP contribution in [0.5, 0.6) is 0 Å². The Morgan fingerprint density at radius 3 is 2.88 bits per heavy atom. The number of aliphatic hydroxyl groups excluding tert-OH is 1. The Morgan fingerprint density at radius 2 is 2.31 bits per heavy atom. The van der Waals surface area contributed by atoms with Crippen molar-refractivity contribution in [1.29, 1.82) is 0 Å². The zero-order valence-electron chi connectivity index (χ0n) is 9.89. The summed E-state index contributed by atoms with van der Waals surface area (Å²) in [6.45, 7) is 1.15. The van der Waals surface area contributed by atoms with E-state index in [1.807, 2.05) is 19.4 Å². The maximum absolute atomic E-state index is 9.36. The Labute approximate surface area is 96.7 Å². The van der Waals surface area contributed by atoms with Crippen molar-refractivity contribution in [3.63, 3.8) is 0 Å². The van der Waals surface area contributed by atoms with Crippen LogP contribution in [0.4, 0.5) is 0 Å². The van der Waals surface area contributed by atoms with Gasteiger partial charge in [-0.3, -0.25) is 4.68 Å². The van der Waals surface area contributed by atoms with Gasteiger partial charge in [-0.2, -0.15) is 5.10 Å². The molecule has 4 heteroatoms. The summed E-state index contributed by atoms with van der Waals surface area (Å²) in [5.74, 6) is 0.797. The average Bonchev–Trinajstić information content (AvgIpc) is 2.91. The number of aliphatic hydroxyl groups is 1. The molecule has 0 saturated heterocycles. The number of hydrogen-bond acceptors (Lipinski definition) is 3. The van der Waals surface area contributed by atoms with Gasteiger partial charge in [0.1, 0.15) is 0 Å². The maximum atomic E-state index is 9.36. The Kier molecular flexibility index (Phi) is 3.96. The Morgan fingerprint density at radius 1 is 1.56 bits per heavy atom. The minimum Gasteiger partial charge on any atom is -0.394 e. The fourth-order valence-electron chi connectivity index (χ4n) is 2.43. The summed E-state index contributed by atoms with van der Waals surface area (Å²) < 4.78 is 1.77. The van der Waals surface area contributed by atoms with E-state index < -0.39 is 0 Å². The smallest absolute Gasteiger partial charge is 0.0627 e. The van der Waals surface area contributed by atoms with Gasteiger partial charge in [0, 0.05) is 18.8 Å². The first-order valence-corrected chi connectivity index (χ1v) is 6.12.